The van der Waals surface area contributed by atoms with E-state index in [1.165, 1.54) is 4.90 Å². The van der Waals surface area contributed by atoms with Crippen LogP contribution in [0.3, 0.4) is 0 Å². The molecule has 1 fully saturated rings. The Balaban J connectivity index is 2.52. The van der Waals surface area contributed by atoms with Crippen molar-refractivity contribution >= 4 is 17.8 Å². The fourth-order valence-electron chi connectivity index (χ4n) is 2.45. The Morgan fingerprint density at radius 2 is 1.89 bits per heavy atom. The van der Waals surface area contributed by atoms with E-state index in [1.54, 1.807) is 7.05 Å². The van der Waals surface area contributed by atoms with Crippen molar-refractivity contribution in [2.75, 3.05) is 20.1 Å². The number of carbonyl (C=O) groups excluding carboxylic acids is 2. The molecule has 0 bridgehead atoms. The Bertz CT molecular complexity index is 357. The molecule has 0 unspecified atom stereocenters. The fourth-order valence-corrected chi connectivity index (χ4v) is 2.45. The van der Waals surface area contributed by atoms with E-state index in [4.69, 9.17) is 5.11 Å². The molecule has 1 rings (SSSR count). The normalized spacial score (nSPS) is 22.0. The molecule has 2 amide bonds. The van der Waals surface area contributed by atoms with Crippen LogP contribution in [0.1, 0.15) is 32.6 Å². The lowest BCUT2D eigenvalue weighted by Gasteiger charge is -2.23. The Hall–Kier alpha value is -1.59. The van der Waals surface area contributed by atoms with Crippen LogP contribution < -0.4 is 5.32 Å². The highest BCUT2D eigenvalue weighted by Gasteiger charge is 2.39. The highest BCUT2D eigenvalue weighted by molar-refractivity contribution is 5.88. The summed E-state index contributed by atoms with van der Waals surface area (Å²) < 4.78 is 0. The van der Waals surface area contributed by atoms with Gasteiger partial charge in [-0.15, -0.1) is 0 Å². The van der Waals surface area contributed by atoms with E-state index in [2.05, 4.69) is 5.32 Å². The molecule has 0 aliphatic heterocycles. The number of aliphatic carboxylic acids is 1. The number of likely N-dealkylation sites (N-methyl/N-ethyl adjacent to an activating group) is 1. The molecule has 0 aromatic rings. The van der Waals surface area contributed by atoms with Gasteiger partial charge in [0.2, 0.25) is 11.8 Å². The van der Waals surface area contributed by atoms with Gasteiger partial charge in [-0.2, -0.15) is 0 Å². The van der Waals surface area contributed by atoms with Crippen molar-refractivity contribution in [3.8, 4) is 0 Å². The Kier molecular flexibility index (Phi) is 5.79. The van der Waals surface area contributed by atoms with Crippen LogP contribution in [0, 0.1) is 11.8 Å². The van der Waals surface area contributed by atoms with Gasteiger partial charge in [-0.3, -0.25) is 14.4 Å². The minimum atomic E-state index is -0.917. The standard InChI is InChI=1S/C13H22N2O4/c1-3-7-14-11(16)8-15(2)12(17)9-5-4-6-10(9)13(18)19/h9-10H,3-8H2,1-2H3,(H,14,16)(H,18,19)/t9-,10+/m1/s1. The van der Waals surface area contributed by atoms with Crippen LogP contribution in [0.25, 0.3) is 0 Å². The van der Waals surface area contributed by atoms with Crippen molar-refractivity contribution in [3.05, 3.63) is 0 Å². The third-order valence-electron chi connectivity index (χ3n) is 3.48. The Morgan fingerprint density at radius 3 is 2.47 bits per heavy atom. The van der Waals surface area contributed by atoms with Gasteiger partial charge in [-0.05, 0) is 19.3 Å². The molecule has 1 aliphatic carbocycles. The van der Waals surface area contributed by atoms with E-state index < -0.39 is 17.8 Å². The molecule has 6 heteroatoms. The van der Waals surface area contributed by atoms with Crippen molar-refractivity contribution in [3.63, 3.8) is 0 Å². The smallest absolute Gasteiger partial charge is 0.307 e. The summed E-state index contributed by atoms with van der Waals surface area (Å²) in [6.45, 7) is 2.52. The number of hydrogen-bond acceptors (Lipinski definition) is 3. The van der Waals surface area contributed by atoms with Crippen LogP contribution in [0.4, 0.5) is 0 Å². The van der Waals surface area contributed by atoms with Gasteiger partial charge >= 0.3 is 5.97 Å². The first-order valence-electron chi connectivity index (χ1n) is 6.71. The van der Waals surface area contributed by atoms with Crippen LogP contribution in [0.5, 0.6) is 0 Å². The zero-order valence-corrected chi connectivity index (χ0v) is 11.5. The maximum absolute atomic E-state index is 12.2. The molecule has 19 heavy (non-hydrogen) atoms. The maximum Gasteiger partial charge on any atom is 0.307 e. The number of rotatable bonds is 6. The van der Waals surface area contributed by atoms with Crippen LogP contribution >= 0.6 is 0 Å². The monoisotopic (exact) mass is 270 g/mol. The van der Waals surface area contributed by atoms with Crippen LogP contribution in [-0.2, 0) is 14.4 Å². The van der Waals surface area contributed by atoms with Crippen molar-refractivity contribution in [1.82, 2.24) is 10.2 Å². The number of hydrogen-bond donors (Lipinski definition) is 2. The van der Waals surface area contributed by atoms with Crippen LogP contribution in [0.2, 0.25) is 0 Å². The molecule has 2 atom stereocenters. The molecule has 108 valence electrons. The number of carboxylic acid groups (broad SMARTS) is 1. The van der Waals surface area contributed by atoms with Crippen molar-refractivity contribution in [2.24, 2.45) is 11.8 Å². The summed E-state index contributed by atoms with van der Waals surface area (Å²) in [6, 6.07) is 0. The third kappa shape index (κ3) is 4.22. The minimum Gasteiger partial charge on any atom is -0.481 e. The lowest BCUT2D eigenvalue weighted by Crippen LogP contribution is -2.42. The summed E-state index contributed by atoms with van der Waals surface area (Å²) in [6.07, 6.45) is 2.73. The molecule has 0 radical (unpaired) electrons. The summed E-state index contributed by atoms with van der Waals surface area (Å²) in [4.78, 5) is 36.1. The average Bonchev–Trinajstić information content (AvgIpc) is 2.84. The maximum atomic E-state index is 12.2. The quantitative estimate of drug-likeness (QED) is 0.734. The summed E-state index contributed by atoms with van der Waals surface area (Å²) in [7, 11) is 1.55. The first-order valence-corrected chi connectivity index (χ1v) is 6.71. The molecular weight excluding hydrogens is 248 g/mol. The highest BCUT2D eigenvalue weighted by Crippen LogP contribution is 2.33. The van der Waals surface area contributed by atoms with Crippen molar-refractivity contribution in [1.29, 1.82) is 0 Å². The molecule has 0 aromatic heterocycles. The van der Waals surface area contributed by atoms with Crippen LogP contribution in [0.15, 0.2) is 0 Å². The fraction of sp³-hybridized carbons (Fsp3) is 0.769. The van der Waals surface area contributed by atoms with Gasteiger partial charge in [-0.1, -0.05) is 13.3 Å². The first-order chi connectivity index (χ1) is 8.97. The SMILES string of the molecule is CCCNC(=O)CN(C)C(=O)[C@@H]1CCC[C@@H]1C(=O)O. The van der Waals surface area contributed by atoms with E-state index in [0.29, 0.717) is 19.4 Å². The predicted octanol–water partition coefficient (Wildman–Crippen LogP) is 0.472. The van der Waals surface area contributed by atoms with Gasteiger partial charge in [0.1, 0.15) is 0 Å². The second kappa shape index (κ2) is 7.11. The molecule has 1 aliphatic rings. The second-order valence-corrected chi connectivity index (χ2v) is 5.03. The molecule has 0 heterocycles. The first kappa shape index (κ1) is 15.5. The molecular formula is C13H22N2O4. The van der Waals surface area contributed by atoms with Gasteiger partial charge in [0, 0.05) is 13.6 Å². The van der Waals surface area contributed by atoms with Crippen molar-refractivity contribution in [2.45, 2.75) is 32.6 Å². The number of nitrogens with zero attached hydrogens (tertiary/aromatic N) is 1. The topological polar surface area (TPSA) is 86.7 Å². The zero-order valence-electron chi connectivity index (χ0n) is 11.5. The Labute approximate surface area is 113 Å². The molecule has 6 nitrogen and oxygen atoms in total. The summed E-state index contributed by atoms with van der Waals surface area (Å²) >= 11 is 0. The lowest BCUT2D eigenvalue weighted by atomic mass is 9.95. The largest absolute Gasteiger partial charge is 0.481 e. The number of carboxylic acids is 1. The molecule has 2 N–H and O–H groups in total. The third-order valence-corrected chi connectivity index (χ3v) is 3.48. The zero-order chi connectivity index (χ0) is 14.4. The average molecular weight is 270 g/mol. The van der Waals surface area contributed by atoms with Gasteiger partial charge in [0.25, 0.3) is 0 Å². The number of carbonyl (C=O) groups is 3. The Morgan fingerprint density at radius 1 is 1.26 bits per heavy atom. The van der Waals surface area contributed by atoms with Gasteiger partial charge in [0.15, 0.2) is 0 Å². The summed E-state index contributed by atoms with van der Waals surface area (Å²) in [5.74, 6) is -2.45. The lowest BCUT2D eigenvalue weighted by molar-refractivity contribution is -0.149. The summed E-state index contributed by atoms with van der Waals surface area (Å²) in [5, 5.41) is 11.8. The molecule has 0 saturated heterocycles. The molecule has 0 spiro atoms. The highest BCUT2D eigenvalue weighted by atomic mass is 16.4. The van der Waals surface area contributed by atoms with Gasteiger partial charge in [-0.25, -0.2) is 0 Å². The van der Waals surface area contributed by atoms with Gasteiger partial charge in [0.05, 0.1) is 18.4 Å². The molecule has 0 aromatic carbocycles. The van der Waals surface area contributed by atoms with E-state index in [9.17, 15) is 14.4 Å². The van der Waals surface area contributed by atoms with Gasteiger partial charge < -0.3 is 15.3 Å². The predicted molar refractivity (Wildman–Crippen MR) is 69.4 cm³/mol. The van der Waals surface area contributed by atoms with E-state index in [-0.39, 0.29) is 18.4 Å². The minimum absolute atomic E-state index is 0.0122. The van der Waals surface area contributed by atoms with E-state index in [0.717, 1.165) is 12.8 Å². The summed E-state index contributed by atoms with van der Waals surface area (Å²) in [5.41, 5.74) is 0. The van der Waals surface area contributed by atoms with Crippen LogP contribution in [-0.4, -0.2) is 47.9 Å². The molecule has 1 saturated carbocycles. The van der Waals surface area contributed by atoms with E-state index >= 15 is 0 Å². The number of amides is 2. The second-order valence-electron chi connectivity index (χ2n) is 5.03. The van der Waals surface area contributed by atoms with E-state index in [1.807, 2.05) is 6.92 Å². The van der Waals surface area contributed by atoms with Crippen molar-refractivity contribution < 1.29 is 19.5 Å². The number of nitrogens with one attached hydrogen (secondary N) is 1.